The van der Waals surface area contributed by atoms with Gasteiger partial charge in [0, 0.05) is 20.9 Å². The molecule has 2 aromatic rings. The zero-order valence-corrected chi connectivity index (χ0v) is 15.1. The van der Waals surface area contributed by atoms with Crippen LogP contribution >= 0.6 is 44.3 Å². The smallest absolute Gasteiger partial charge is 0.0803 e. The van der Waals surface area contributed by atoms with Crippen molar-refractivity contribution in [2.75, 3.05) is 0 Å². The van der Waals surface area contributed by atoms with Gasteiger partial charge in [-0.15, -0.1) is 22.7 Å². The molecule has 0 N–H and O–H groups in total. The number of carbonyl (C=O) groups excluding carboxylic acids is 2. The van der Waals surface area contributed by atoms with Crippen LogP contribution in [0.15, 0.2) is 20.6 Å². The summed E-state index contributed by atoms with van der Waals surface area (Å²) in [6.45, 7) is 3.90. The molecule has 0 amide bonds. The fraction of sp³-hybridized carbons (Fsp3) is 0.286. The van der Waals surface area contributed by atoms with Crippen molar-refractivity contribution < 1.29 is 19.8 Å². The molecule has 2 heterocycles. The predicted octanol–water partition coefficient (Wildman–Crippen LogP) is 2.46. The molecule has 118 valence electrons. The van der Waals surface area contributed by atoms with E-state index in [1.165, 1.54) is 44.3 Å². The van der Waals surface area contributed by atoms with Gasteiger partial charge in [0.2, 0.25) is 0 Å². The van der Waals surface area contributed by atoms with E-state index in [2.05, 4.69) is 0 Å². The quantitative estimate of drug-likeness (QED) is 0.695. The molecule has 0 aromatic carbocycles. The molecule has 0 spiro atoms. The van der Waals surface area contributed by atoms with Gasteiger partial charge in [-0.3, -0.25) is 0 Å². The average Bonchev–Trinajstić information content (AvgIpc) is 3.08. The topological polar surface area (TPSA) is 80.3 Å². The van der Waals surface area contributed by atoms with E-state index in [-0.39, 0.29) is 11.1 Å². The van der Waals surface area contributed by atoms with Crippen molar-refractivity contribution in [2.24, 2.45) is 0 Å². The van der Waals surface area contributed by atoms with E-state index in [1.807, 2.05) is 13.8 Å². The summed E-state index contributed by atoms with van der Waals surface area (Å²) in [7, 11) is 2.51. The van der Waals surface area contributed by atoms with Gasteiger partial charge in [0.1, 0.15) is 0 Å². The fourth-order valence-corrected chi connectivity index (χ4v) is 7.05. The third-order valence-electron chi connectivity index (χ3n) is 2.83. The van der Waals surface area contributed by atoms with Gasteiger partial charge in [0.25, 0.3) is 0 Å². The third-order valence-corrected chi connectivity index (χ3v) is 8.68. The summed E-state index contributed by atoms with van der Waals surface area (Å²) in [5.41, 5.74) is 0.336. The van der Waals surface area contributed by atoms with E-state index < -0.39 is 11.9 Å². The van der Waals surface area contributed by atoms with Crippen LogP contribution in [0.4, 0.5) is 0 Å². The van der Waals surface area contributed by atoms with Crippen LogP contribution in [-0.2, 0) is 12.8 Å². The van der Waals surface area contributed by atoms with Crippen molar-refractivity contribution in [1.29, 1.82) is 0 Å². The molecule has 0 bridgehead atoms. The highest BCUT2D eigenvalue weighted by molar-refractivity contribution is 8.77. The van der Waals surface area contributed by atoms with Gasteiger partial charge < -0.3 is 19.8 Å². The number of carboxylic acids is 2. The molecule has 0 aliphatic rings. The van der Waals surface area contributed by atoms with Crippen LogP contribution in [0.3, 0.4) is 0 Å². The van der Waals surface area contributed by atoms with Crippen LogP contribution in [-0.4, -0.2) is 11.9 Å². The minimum atomic E-state index is -1.21. The molecule has 0 fully saturated rings. The first-order valence-electron chi connectivity index (χ1n) is 6.48. The highest BCUT2D eigenvalue weighted by Gasteiger charge is 2.15. The number of rotatable bonds is 7. The fourth-order valence-electron chi connectivity index (χ4n) is 1.68. The molecule has 0 saturated heterocycles. The summed E-state index contributed by atoms with van der Waals surface area (Å²) in [5.74, 6) is -2.42. The van der Waals surface area contributed by atoms with Crippen LogP contribution in [0.1, 0.15) is 44.3 Å². The van der Waals surface area contributed by atoms with Gasteiger partial charge in [-0.25, -0.2) is 0 Å². The van der Waals surface area contributed by atoms with E-state index in [0.717, 1.165) is 22.6 Å². The lowest BCUT2D eigenvalue weighted by Crippen LogP contribution is -2.22. The Morgan fingerprint density at radius 2 is 1.27 bits per heavy atom. The van der Waals surface area contributed by atoms with Crippen molar-refractivity contribution in [3.05, 3.63) is 33.0 Å². The summed E-state index contributed by atoms with van der Waals surface area (Å²) in [4.78, 5) is 24.2. The second-order valence-corrected chi connectivity index (χ2v) is 9.22. The summed E-state index contributed by atoms with van der Waals surface area (Å²) in [6.07, 6.45) is 1.50. The highest BCUT2D eigenvalue weighted by Crippen LogP contribution is 2.46. The zero-order chi connectivity index (χ0) is 16.3. The Morgan fingerprint density at radius 3 is 1.55 bits per heavy atom. The van der Waals surface area contributed by atoms with Crippen LogP contribution < -0.4 is 10.2 Å². The van der Waals surface area contributed by atoms with Gasteiger partial charge in [0.15, 0.2) is 0 Å². The lowest BCUT2D eigenvalue weighted by molar-refractivity contribution is -0.256. The molecule has 4 nitrogen and oxygen atoms in total. The Morgan fingerprint density at radius 1 is 0.909 bits per heavy atom. The van der Waals surface area contributed by atoms with E-state index in [1.54, 1.807) is 12.1 Å². The first kappa shape index (κ1) is 17.4. The zero-order valence-electron chi connectivity index (χ0n) is 11.8. The van der Waals surface area contributed by atoms with Crippen molar-refractivity contribution >= 4 is 56.2 Å². The molecule has 0 saturated carbocycles. The van der Waals surface area contributed by atoms with Gasteiger partial charge in [-0.2, -0.15) is 0 Å². The highest BCUT2D eigenvalue weighted by atomic mass is 33.1. The third kappa shape index (κ3) is 3.87. The Balaban J connectivity index is 2.23. The van der Waals surface area contributed by atoms with E-state index in [0.29, 0.717) is 8.42 Å². The van der Waals surface area contributed by atoms with Crippen molar-refractivity contribution in [3.8, 4) is 0 Å². The Labute approximate surface area is 144 Å². The monoisotopic (exact) mass is 372 g/mol. The first-order valence-corrected chi connectivity index (χ1v) is 10.3. The van der Waals surface area contributed by atoms with Crippen LogP contribution in [0, 0.1) is 0 Å². The van der Waals surface area contributed by atoms with Crippen molar-refractivity contribution in [1.82, 2.24) is 0 Å². The second-order valence-electron chi connectivity index (χ2n) is 4.28. The van der Waals surface area contributed by atoms with E-state index in [4.69, 9.17) is 0 Å². The van der Waals surface area contributed by atoms with E-state index in [9.17, 15) is 19.8 Å². The van der Waals surface area contributed by atoms with Gasteiger partial charge in [-0.1, -0.05) is 13.8 Å². The number of aromatic carboxylic acids is 2. The van der Waals surface area contributed by atoms with Gasteiger partial charge >= 0.3 is 0 Å². The number of carboxylic acid groups (broad SMARTS) is 2. The van der Waals surface area contributed by atoms with Crippen LogP contribution in [0.25, 0.3) is 0 Å². The molecule has 0 aliphatic carbocycles. The molecular formula is C14H12O4S4-2. The maximum absolute atomic E-state index is 11.2. The molecule has 22 heavy (non-hydrogen) atoms. The van der Waals surface area contributed by atoms with E-state index >= 15 is 0 Å². The Bertz CT molecular complexity index is 642. The molecule has 0 atom stereocenters. The average molecular weight is 373 g/mol. The predicted molar refractivity (Wildman–Crippen MR) is 87.8 cm³/mol. The standard InChI is InChI=1S/C14H14O4S4/c1-3-7-5-9(11(15)16)13(19-7)21-22-14-10(12(17)18)6-8(4-2)20-14/h5-6H,3-4H2,1-2H3,(H,15,16)(H,17,18)/p-2. The minimum Gasteiger partial charge on any atom is -0.545 e. The summed E-state index contributed by atoms with van der Waals surface area (Å²) < 4.78 is 1.25. The number of hydrogen-bond donors (Lipinski definition) is 0. The second kappa shape index (κ2) is 7.54. The number of carbonyl (C=O) groups is 2. The molecule has 0 radical (unpaired) electrons. The largest absolute Gasteiger partial charge is 0.545 e. The minimum absolute atomic E-state index is 0.168. The van der Waals surface area contributed by atoms with Crippen molar-refractivity contribution in [2.45, 2.75) is 35.1 Å². The maximum atomic E-state index is 11.2. The normalized spacial score (nSPS) is 10.8. The van der Waals surface area contributed by atoms with Crippen LogP contribution in [0.2, 0.25) is 0 Å². The Kier molecular flexibility index (Phi) is 5.96. The lowest BCUT2D eigenvalue weighted by atomic mass is 10.3. The summed E-state index contributed by atoms with van der Waals surface area (Å²) in [5, 5.41) is 22.3. The number of aryl methyl sites for hydroxylation is 2. The van der Waals surface area contributed by atoms with Crippen molar-refractivity contribution in [3.63, 3.8) is 0 Å². The molecule has 0 aliphatic heterocycles. The molecule has 2 aromatic heterocycles. The van der Waals surface area contributed by atoms with Crippen LogP contribution in [0.5, 0.6) is 0 Å². The number of thiophene rings is 2. The summed E-state index contributed by atoms with van der Waals surface area (Å²) in [6, 6.07) is 3.24. The molecule has 2 rings (SSSR count). The Hall–Kier alpha value is -0.960. The SMILES string of the molecule is CCc1cc(C(=O)[O-])c(SSc2sc(CC)cc2C(=O)[O-])s1. The maximum Gasteiger partial charge on any atom is 0.0803 e. The molecule has 8 heteroatoms. The lowest BCUT2D eigenvalue weighted by Gasteiger charge is -2.05. The first-order chi connectivity index (χ1) is 10.5. The summed E-state index contributed by atoms with van der Waals surface area (Å²) >= 11 is 2.79. The molecule has 0 unspecified atom stereocenters. The number of hydrogen-bond acceptors (Lipinski definition) is 8. The van der Waals surface area contributed by atoms with Gasteiger partial charge in [0.05, 0.1) is 20.4 Å². The molecular weight excluding hydrogens is 360 g/mol. The van der Waals surface area contributed by atoms with Gasteiger partial charge in [-0.05, 0) is 46.6 Å².